The number of carboxylic acids is 1. The quantitative estimate of drug-likeness (QED) is 0.760. The van der Waals surface area contributed by atoms with Gasteiger partial charge in [0.2, 0.25) is 0 Å². The number of aromatic carboxylic acids is 1. The van der Waals surface area contributed by atoms with Gasteiger partial charge in [0.1, 0.15) is 5.69 Å². The number of benzene rings is 1. The van der Waals surface area contributed by atoms with Crippen LogP contribution in [-0.2, 0) is 6.18 Å². The van der Waals surface area contributed by atoms with Gasteiger partial charge in [-0.3, -0.25) is 4.79 Å². The number of carboxylic acid groups (broad SMARTS) is 1. The highest BCUT2D eigenvalue weighted by molar-refractivity contribution is 5.92. The number of aromatic amines is 1. The van der Waals surface area contributed by atoms with Crippen LogP contribution in [-0.4, -0.2) is 41.1 Å². The molecule has 0 unspecified atom stereocenters. The van der Waals surface area contributed by atoms with Crippen molar-refractivity contribution < 1.29 is 27.9 Å². The molecule has 1 saturated heterocycles. The second kappa shape index (κ2) is 7.34. The number of nitrogens with one attached hydrogen (secondary N) is 2. The lowest BCUT2D eigenvalue weighted by molar-refractivity contribution is -0.137. The molecule has 27 heavy (non-hydrogen) atoms. The summed E-state index contributed by atoms with van der Waals surface area (Å²) in [6, 6.07) is 6.25. The van der Waals surface area contributed by atoms with E-state index >= 15 is 0 Å². The average Bonchev–Trinajstić information content (AvgIpc) is 3.16. The number of hydrogen-bond donors (Lipinski definition) is 3. The minimum Gasteiger partial charge on any atom is -0.478 e. The summed E-state index contributed by atoms with van der Waals surface area (Å²) in [4.78, 5) is 27.4. The van der Waals surface area contributed by atoms with Crippen LogP contribution in [0.25, 0.3) is 0 Å². The van der Waals surface area contributed by atoms with Crippen LogP contribution in [0.15, 0.2) is 36.5 Å². The topological polar surface area (TPSA) is 85.4 Å². The molecule has 0 radical (unpaired) electrons. The number of H-pyrrole nitrogens is 1. The van der Waals surface area contributed by atoms with E-state index in [2.05, 4.69) is 10.3 Å². The van der Waals surface area contributed by atoms with Gasteiger partial charge < -0.3 is 20.3 Å². The highest BCUT2D eigenvalue weighted by Crippen LogP contribution is 2.38. The molecule has 0 aliphatic carbocycles. The first-order chi connectivity index (χ1) is 12.8. The van der Waals surface area contributed by atoms with Gasteiger partial charge in [-0.2, -0.15) is 13.2 Å². The zero-order valence-electron chi connectivity index (χ0n) is 14.2. The lowest BCUT2D eigenvalue weighted by Gasteiger charge is -2.35. The van der Waals surface area contributed by atoms with Crippen molar-refractivity contribution >= 4 is 17.6 Å². The van der Waals surface area contributed by atoms with Gasteiger partial charge in [-0.1, -0.05) is 0 Å². The zero-order chi connectivity index (χ0) is 19.6. The van der Waals surface area contributed by atoms with Crippen LogP contribution < -0.4 is 10.2 Å². The molecule has 0 spiro atoms. The van der Waals surface area contributed by atoms with Crippen molar-refractivity contribution in [3.63, 3.8) is 0 Å². The predicted molar refractivity (Wildman–Crippen MR) is 91.9 cm³/mol. The number of hydrogen-bond acceptors (Lipinski definition) is 3. The molecule has 3 N–H and O–H groups in total. The Morgan fingerprint density at radius 2 is 1.89 bits per heavy atom. The number of alkyl halides is 3. The molecule has 1 amide bonds. The lowest BCUT2D eigenvalue weighted by atomic mass is 10.0. The van der Waals surface area contributed by atoms with Crippen LogP contribution in [0.3, 0.4) is 0 Å². The average molecular weight is 381 g/mol. The van der Waals surface area contributed by atoms with E-state index in [0.29, 0.717) is 37.7 Å². The molecule has 9 heteroatoms. The molecule has 0 saturated carbocycles. The third-order valence-electron chi connectivity index (χ3n) is 4.56. The van der Waals surface area contributed by atoms with Crippen LogP contribution in [0.1, 0.15) is 39.3 Å². The summed E-state index contributed by atoms with van der Waals surface area (Å²) in [5.41, 5.74) is -0.974. The fourth-order valence-electron chi connectivity index (χ4n) is 3.17. The van der Waals surface area contributed by atoms with Crippen LogP contribution in [0.2, 0.25) is 0 Å². The molecule has 3 rings (SSSR count). The van der Waals surface area contributed by atoms with E-state index < -0.39 is 23.3 Å². The van der Waals surface area contributed by atoms with E-state index in [4.69, 9.17) is 5.11 Å². The van der Waals surface area contributed by atoms with E-state index in [1.54, 1.807) is 23.2 Å². The van der Waals surface area contributed by atoms with Crippen molar-refractivity contribution in [2.45, 2.75) is 25.1 Å². The minimum absolute atomic E-state index is 0.0401. The van der Waals surface area contributed by atoms with Crippen LogP contribution in [0, 0.1) is 0 Å². The number of rotatable bonds is 4. The molecule has 1 aliphatic heterocycles. The Balaban J connectivity index is 1.70. The second-order valence-corrected chi connectivity index (χ2v) is 6.35. The molecule has 1 aliphatic rings. The standard InChI is InChI=1S/C18H18F3N3O3/c19-18(20,21)13-10-11(17(26)27)3-4-15(13)24-8-5-12(6-9-24)23-16(25)14-2-1-7-22-14/h1-4,7,10,12,22H,5-6,8-9H2,(H,23,25)(H,26,27). The number of anilines is 1. The molecular formula is C18H18F3N3O3. The van der Waals surface area contributed by atoms with Crippen molar-refractivity contribution in [2.75, 3.05) is 18.0 Å². The van der Waals surface area contributed by atoms with Crippen LogP contribution >= 0.6 is 0 Å². The molecule has 1 aromatic heterocycles. The third-order valence-corrected chi connectivity index (χ3v) is 4.56. The predicted octanol–water partition coefficient (Wildman–Crippen LogP) is 3.13. The molecule has 1 aromatic carbocycles. The number of halogens is 3. The molecule has 2 heterocycles. The summed E-state index contributed by atoms with van der Waals surface area (Å²) in [5.74, 6) is -1.65. The number of amides is 1. The highest BCUT2D eigenvalue weighted by Gasteiger charge is 2.36. The lowest BCUT2D eigenvalue weighted by Crippen LogP contribution is -2.45. The Labute approximate surface area is 153 Å². The molecule has 144 valence electrons. The first-order valence-electron chi connectivity index (χ1n) is 8.39. The molecular weight excluding hydrogens is 363 g/mol. The maximum absolute atomic E-state index is 13.4. The Hall–Kier alpha value is -2.97. The highest BCUT2D eigenvalue weighted by atomic mass is 19.4. The Bertz CT molecular complexity index is 826. The van der Waals surface area contributed by atoms with Crippen molar-refractivity contribution in [2.24, 2.45) is 0 Å². The summed E-state index contributed by atoms with van der Waals surface area (Å²) in [7, 11) is 0. The van der Waals surface area contributed by atoms with E-state index in [-0.39, 0.29) is 17.6 Å². The summed E-state index contributed by atoms with van der Waals surface area (Å²) < 4.78 is 40.1. The van der Waals surface area contributed by atoms with Crippen molar-refractivity contribution in [3.05, 3.63) is 53.3 Å². The SMILES string of the molecule is O=C(O)c1ccc(N2CCC(NC(=O)c3ccc[nH]3)CC2)c(C(F)(F)F)c1. The summed E-state index contributed by atoms with van der Waals surface area (Å²) in [6.45, 7) is 0.649. The van der Waals surface area contributed by atoms with Gasteiger partial charge >= 0.3 is 12.1 Å². The summed E-state index contributed by atoms with van der Waals surface area (Å²) in [6.07, 6.45) is -2.04. The monoisotopic (exact) mass is 381 g/mol. The summed E-state index contributed by atoms with van der Waals surface area (Å²) in [5, 5.41) is 11.8. The van der Waals surface area contributed by atoms with Crippen molar-refractivity contribution in [1.82, 2.24) is 10.3 Å². The molecule has 1 fully saturated rings. The van der Waals surface area contributed by atoms with E-state index in [9.17, 15) is 22.8 Å². The first kappa shape index (κ1) is 18.8. The van der Waals surface area contributed by atoms with Gasteiger partial charge in [0, 0.05) is 31.0 Å². The first-order valence-corrected chi connectivity index (χ1v) is 8.39. The maximum Gasteiger partial charge on any atom is 0.418 e. The number of piperidine rings is 1. The Kier molecular flexibility index (Phi) is 5.11. The fourth-order valence-corrected chi connectivity index (χ4v) is 3.17. The van der Waals surface area contributed by atoms with Gasteiger partial charge in [0.25, 0.3) is 5.91 Å². The largest absolute Gasteiger partial charge is 0.478 e. The smallest absolute Gasteiger partial charge is 0.418 e. The number of carbonyl (C=O) groups is 2. The van der Waals surface area contributed by atoms with Crippen molar-refractivity contribution in [3.8, 4) is 0 Å². The fraction of sp³-hybridized carbons (Fsp3) is 0.333. The molecule has 6 nitrogen and oxygen atoms in total. The van der Waals surface area contributed by atoms with Gasteiger partial charge in [0.15, 0.2) is 0 Å². The third kappa shape index (κ3) is 4.24. The normalized spacial score (nSPS) is 15.6. The number of carbonyl (C=O) groups excluding carboxylic acids is 1. The molecule has 0 atom stereocenters. The second-order valence-electron chi connectivity index (χ2n) is 6.35. The zero-order valence-corrected chi connectivity index (χ0v) is 14.2. The number of aromatic nitrogens is 1. The number of nitrogens with zero attached hydrogens (tertiary/aromatic N) is 1. The van der Waals surface area contributed by atoms with E-state index in [1.807, 2.05) is 0 Å². The van der Waals surface area contributed by atoms with E-state index in [1.165, 1.54) is 12.1 Å². The van der Waals surface area contributed by atoms with Crippen LogP contribution in [0.5, 0.6) is 0 Å². The van der Waals surface area contributed by atoms with Gasteiger partial charge in [-0.25, -0.2) is 4.79 Å². The van der Waals surface area contributed by atoms with Gasteiger partial charge in [-0.05, 0) is 43.2 Å². The van der Waals surface area contributed by atoms with Crippen LogP contribution in [0.4, 0.5) is 18.9 Å². The van der Waals surface area contributed by atoms with E-state index in [0.717, 1.165) is 0 Å². The molecule has 0 bridgehead atoms. The maximum atomic E-state index is 13.4. The van der Waals surface area contributed by atoms with Gasteiger partial charge in [0.05, 0.1) is 11.1 Å². The van der Waals surface area contributed by atoms with Crippen molar-refractivity contribution in [1.29, 1.82) is 0 Å². The molecule has 2 aromatic rings. The summed E-state index contributed by atoms with van der Waals surface area (Å²) >= 11 is 0. The minimum atomic E-state index is -4.65. The Morgan fingerprint density at radius 3 is 2.44 bits per heavy atom. The Morgan fingerprint density at radius 1 is 1.19 bits per heavy atom. The van der Waals surface area contributed by atoms with Gasteiger partial charge in [-0.15, -0.1) is 0 Å².